The van der Waals surface area contributed by atoms with Crippen LogP contribution in [-0.4, -0.2) is 52.6 Å². The van der Waals surface area contributed by atoms with Crippen molar-refractivity contribution in [1.82, 2.24) is 10.6 Å². The summed E-state index contributed by atoms with van der Waals surface area (Å²) in [5, 5.41) is 6.40. The molecule has 2 N–H and O–H groups in total. The lowest BCUT2D eigenvalue weighted by atomic mass is 10.1. The van der Waals surface area contributed by atoms with Crippen LogP contribution in [0.4, 0.5) is 4.39 Å². The van der Waals surface area contributed by atoms with Crippen LogP contribution in [0.3, 0.4) is 0 Å². The lowest BCUT2D eigenvalue weighted by molar-refractivity contribution is 0.198. The normalized spacial score (nSPS) is 16.8. The molecule has 1 aliphatic carbocycles. The Labute approximate surface area is 178 Å². The van der Waals surface area contributed by atoms with Gasteiger partial charge in [-0.2, -0.15) is 0 Å². The van der Waals surface area contributed by atoms with E-state index in [4.69, 9.17) is 4.74 Å². The van der Waals surface area contributed by atoms with Gasteiger partial charge in [0.05, 0.1) is 12.3 Å². The molecule has 0 radical (unpaired) electrons. The molecule has 0 spiro atoms. The summed E-state index contributed by atoms with van der Waals surface area (Å²) in [6.45, 7) is 3.07. The van der Waals surface area contributed by atoms with E-state index in [1.54, 1.807) is 19.2 Å². The number of benzene rings is 1. The second-order valence-corrected chi connectivity index (χ2v) is 9.12. The fraction of sp³-hybridized carbons (Fsp3) is 0.611. The first kappa shape index (κ1) is 23.9. The van der Waals surface area contributed by atoms with Crippen molar-refractivity contribution in [3.63, 3.8) is 0 Å². The fourth-order valence-corrected chi connectivity index (χ4v) is 4.31. The Hall–Kier alpha value is -1.10. The average Bonchev–Trinajstić information content (AvgIpc) is 3.31. The number of hydrogen-bond donors (Lipinski definition) is 2. The summed E-state index contributed by atoms with van der Waals surface area (Å²) in [6, 6.07) is 6.07. The predicted molar refractivity (Wildman–Crippen MR) is 117 cm³/mol. The first-order chi connectivity index (χ1) is 12.3. The summed E-state index contributed by atoms with van der Waals surface area (Å²) >= 11 is 0. The Morgan fingerprint density at radius 1 is 1.37 bits per heavy atom. The number of halogens is 2. The molecule has 1 aromatic carbocycles. The number of nitrogens with zero attached hydrogens (tertiary/aromatic N) is 1. The maximum Gasteiger partial charge on any atom is 0.191 e. The molecule has 2 rings (SSSR count). The highest BCUT2D eigenvalue weighted by Crippen LogP contribution is 2.45. The van der Waals surface area contributed by atoms with E-state index in [9.17, 15) is 12.8 Å². The first-order valence-corrected chi connectivity index (χ1v) is 10.9. The fourth-order valence-electron chi connectivity index (χ4n) is 2.81. The average molecular weight is 513 g/mol. The zero-order valence-electron chi connectivity index (χ0n) is 16.0. The van der Waals surface area contributed by atoms with E-state index < -0.39 is 9.84 Å². The molecular formula is C18H29FIN3O3S. The number of guanidine groups is 1. The van der Waals surface area contributed by atoms with E-state index in [0.29, 0.717) is 24.8 Å². The van der Waals surface area contributed by atoms with Crippen molar-refractivity contribution >= 4 is 39.8 Å². The molecule has 0 aromatic heterocycles. The molecule has 1 saturated carbocycles. The van der Waals surface area contributed by atoms with Gasteiger partial charge in [0.15, 0.2) is 5.96 Å². The van der Waals surface area contributed by atoms with Gasteiger partial charge in [0.2, 0.25) is 0 Å². The lowest BCUT2D eigenvalue weighted by Gasteiger charge is -2.21. The van der Waals surface area contributed by atoms with Crippen molar-refractivity contribution in [2.24, 2.45) is 10.4 Å². The molecule has 1 atom stereocenters. The molecule has 0 amide bonds. The molecular weight excluding hydrogens is 484 g/mol. The van der Waals surface area contributed by atoms with Crippen LogP contribution < -0.4 is 15.4 Å². The van der Waals surface area contributed by atoms with E-state index in [-0.39, 0.29) is 47.1 Å². The Morgan fingerprint density at radius 3 is 2.59 bits per heavy atom. The van der Waals surface area contributed by atoms with Crippen LogP contribution in [0.25, 0.3) is 0 Å². The van der Waals surface area contributed by atoms with Gasteiger partial charge in [-0.05, 0) is 31.4 Å². The third kappa shape index (κ3) is 8.63. The standard InChI is InChI=1S/C18H28FN3O3S.HI/c1-4-15(25-16-7-5-6-14(19)10-16)11-21-17(20-2)22-12-18(8-9-18)13-26(3,23)24;/h5-7,10,15H,4,8-9,11-13H2,1-3H3,(H2,20,21,22);1H. The van der Waals surface area contributed by atoms with Crippen LogP contribution in [0.15, 0.2) is 29.3 Å². The number of sulfone groups is 1. The number of nitrogens with one attached hydrogen (secondary N) is 2. The number of aliphatic imine (C=N–C) groups is 1. The van der Waals surface area contributed by atoms with Gasteiger partial charge in [-0.25, -0.2) is 12.8 Å². The Morgan fingerprint density at radius 2 is 2.07 bits per heavy atom. The lowest BCUT2D eigenvalue weighted by Crippen LogP contribution is -2.45. The Balaban J connectivity index is 0.00000364. The van der Waals surface area contributed by atoms with Gasteiger partial charge in [-0.1, -0.05) is 13.0 Å². The molecule has 9 heteroatoms. The third-order valence-corrected chi connectivity index (χ3v) is 5.57. The number of ether oxygens (including phenoxy) is 1. The highest BCUT2D eigenvalue weighted by atomic mass is 127. The zero-order chi connectivity index (χ0) is 19.2. The van der Waals surface area contributed by atoms with Crippen LogP contribution in [0.5, 0.6) is 5.75 Å². The molecule has 6 nitrogen and oxygen atoms in total. The van der Waals surface area contributed by atoms with Crippen LogP contribution in [-0.2, 0) is 9.84 Å². The SMILES string of the molecule is CCC(CNC(=NC)NCC1(CS(C)(=O)=O)CC1)Oc1cccc(F)c1.I. The summed E-state index contributed by atoms with van der Waals surface area (Å²) in [6.07, 6.45) is 3.70. The molecule has 1 fully saturated rings. The first-order valence-electron chi connectivity index (χ1n) is 8.80. The monoisotopic (exact) mass is 513 g/mol. The summed E-state index contributed by atoms with van der Waals surface area (Å²) in [7, 11) is -1.33. The second kappa shape index (κ2) is 10.4. The minimum atomic E-state index is -2.99. The predicted octanol–water partition coefficient (Wildman–Crippen LogP) is 2.59. The van der Waals surface area contributed by atoms with E-state index >= 15 is 0 Å². The van der Waals surface area contributed by atoms with Crippen molar-refractivity contribution in [2.75, 3.05) is 32.1 Å². The third-order valence-electron chi connectivity index (χ3n) is 4.43. The molecule has 0 aliphatic heterocycles. The van der Waals surface area contributed by atoms with Gasteiger partial charge >= 0.3 is 0 Å². The zero-order valence-corrected chi connectivity index (χ0v) is 19.1. The van der Waals surface area contributed by atoms with Crippen LogP contribution in [0, 0.1) is 11.2 Å². The van der Waals surface area contributed by atoms with Crippen molar-refractivity contribution in [3.05, 3.63) is 30.1 Å². The molecule has 1 aliphatic rings. The molecule has 1 aromatic rings. The smallest absolute Gasteiger partial charge is 0.191 e. The van der Waals surface area contributed by atoms with Crippen molar-refractivity contribution in [2.45, 2.75) is 32.3 Å². The van der Waals surface area contributed by atoms with Gasteiger partial charge in [0, 0.05) is 31.3 Å². The van der Waals surface area contributed by atoms with Gasteiger partial charge in [0.25, 0.3) is 0 Å². The summed E-state index contributed by atoms with van der Waals surface area (Å²) in [5.41, 5.74) is -0.173. The van der Waals surface area contributed by atoms with Gasteiger partial charge in [-0.15, -0.1) is 24.0 Å². The van der Waals surface area contributed by atoms with Gasteiger partial charge in [-0.3, -0.25) is 4.99 Å². The van der Waals surface area contributed by atoms with E-state index in [1.807, 2.05) is 6.92 Å². The quantitative estimate of drug-likeness (QED) is 0.302. The Kier molecular flexibility index (Phi) is 9.26. The van der Waals surface area contributed by atoms with Crippen LogP contribution in [0.1, 0.15) is 26.2 Å². The molecule has 154 valence electrons. The Bertz CT molecular complexity index is 739. The van der Waals surface area contributed by atoms with E-state index in [1.165, 1.54) is 18.4 Å². The second-order valence-electron chi connectivity index (χ2n) is 6.98. The number of hydrogen-bond acceptors (Lipinski definition) is 4. The van der Waals surface area contributed by atoms with Crippen LogP contribution in [0.2, 0.25) is 0 Å². The topological polar surface area (TPSA) is 79.8 Å². The highest BCUT2D eigenvalue weighted by Gasteiger charge is 2.45. The highest BCUT2D eigenvalue weighted by molar-refractivity contribution is 14.0. The summed E-state index contributed by atoms with van der Waals surface area (Å²) in [5.74, 6) is 0.964. The minimum absolute atomic E-state index is 0. The summed E-state index contributed by atoms with van der Waals surface area (Å²) < 4.78 is 42.1. The minimum Gasteiger partial charge on any atom is -0.489 e. The van der Waals surface area contributed by atoms with E-state index in [0.717, 1.165) is 19.3 Å². The van der Waals surface area contributed by atoms with Crippen molar-refractivity contribution in [1.29, 1.82) is 0 Å². The maximum atomic E-state index is 13.3. The largest absolute Gasteiger partial charge is 0.489 e. The van der Waals surface area contributed by atoms with E-state index in [2.05, 4.69) is 15.6 Å². The van der Waals surface area contributed by atoms with Gasteiger partial charge in [0.1, 0.15) is 27.5 Å². The molecule has 1 unspecified atom stereocenters. The molecule has 27 heavy (non-hydrogen) atoms. The van der Waals surface area contributed by atoms with Gasteiger partial charge < -0.3 is 15.4 Å². The van der Waals surface area contributed by atoms with Crippen LogP contribution >= 0.6 is 24.0 Å². The summed E-state index contributed by atoms with van der Waals surface area (Å²) in [4.78, 5) is 4.17. The number of rotatable bonds is 9. The maximum absolute atomic E-state index is 13.3. The van der Waals surface area contributed by atoms with Crippen molar-refractivity contribution in [3.8, 4) is 5.75 Å². The molecule has 0 bridgehead atoms. The molecule has 0 heterocycles. The molecule has 0 saturated heterocycles. The van der Waals surface area contributed by atoms with Crippen molar-refractivity contribution < 1.29 is 17.5 Å².